The standard InChI is InChI=1S/C16H21F3N2O.ClH/c1-11(20)13-6-8-21(9-7-13)15(22)10-12-2-4-14(5-3-12)16(17,18)19;/h2-5,11,13H,6-10,20H2,1H3;1H. The van der Waals surface area contributed by atoms with E-state index in [-0.39, 0.29) is 30.8 Å². The van der Waals surface area contributed by atoms with Crippen molar-refractivity contribution in [3.63, 3.8) is 0 Å². The number of carbonyl (C=O) groups excluding carboxylic acids is 1. The molecule has 1 saturated heterocycles. The van der Waals surface area contributed by atoms with Crippen molar-refractivity contribution >= 4 is 18.3 Å². The van der Waals surface area contributed by atoms with Crippen LogP contribution in [0.25, 0.3) is 0 Å². The average molecular weight is 351 g/mol. The maximum absolute atomic E-state index is 12.5. The summed E-state index contributed by atoms with van der Waals surface area (Å²) in [6.45, 7) is 3.32. The molecule has 0 aromatic heterocycles. The maximum atomic E-state index is 12.5. The fourth-order valence-corrected chi connectivity index (χ4v) is 2.77. The second kappa shape index (κ2) is 8.02. The van der Waals surface area contributed by atoms with Crippen LogP contribution in [0.5, 0.6) is 0 Å². The molecule has 1 aromatic rings. The summed E-state index contributed by atoms with van der Waals surface area (Å²) < 4.78 is 37.5. The Bertz CT molecular complexity index is 509. The molecule has 0 spiro atoms. The summed E-state index contributed by atoms with van der Waals surface area (Å²) in [5.41, 5.74) is 5.78. The molecular weight excluding hydrogens is 329 g/mol. The monoisotopic (exact) mass is 350 g/mol. The zero-order valence-electron chi connectivity index (χ0n) is 13.0. The molecule has 1 heterocycles. The van der Waals surface area contributed by atoms with Gasteiger partial charge in [-0.05, 0) is 43.4 Å². The Balaban J connectivity index is 0.00000264. The molecule has 7 heteroatoms. The van der Waals surface area contributed by atoms with Crippen LogP contribution in [0.4, 0.5) is 13.2 Å². The zero-order chi connectivity index (χ0) is 16.3. The Morgan fingerprint density at radius 3 is 2.22 bits per heavy atom. The number of hydrogen-bond donors (Lipinski definition) is 1. The molecule has 2 N–H and O–H groups in total. The first-order valence-electron chi connectivity index (χ1n) is 7.47. The summed E-state index contributed by atoms with van der Waals surface area (Å²) in [7, 11) is 0. The van der Waals surface area contributed by atoms with Gasteiger partial charge in [-0.3, -0.25) is 4.79 Å². The number of carbonyl (C=O) groups is 1. The number of nitrogens with two attached hydrogens (primary N) is 1. The van der Waals surface area contributed by atoms with Crippen molar-refractivity contribution in [1.82, 2.24) is 4.90 Å². The van der Waals surface area contributed by atoms with E-state index in [1.54, 1.807) is 4.90 Å². The molecule has 3 nitrogen and oxygen atoms in total. The van der Waals surface area contributed by atoms with Gasteiger partial charge in [0.25, 0.3) is 0 Å². The predicted molar refractivity (Wildman–Crippen MR) is 85.3 cm³/mol. The lowest BCUT2D eigenvalue weighted by Gasteiger charge is -2.33. The first-order chi connectivity index (χ1) is 10.3. The van der Waals surface area contributed by atoms with Crippen molar-refractivity contribution in [2.24, 2.45) is 11.7 Å². The van der Waals surface area contributed by atoms with E-state index < -0.39 is 11.7 Å². The van der Waals surface area contributed by atoms with Crippen molar-refractivity contribution in [2.45, 2.75) is 38.4 Å². The molecule has 1 atom stereocenters. The molecular formula is C16H22ClF3N2O. The first kappa shape index (κ1) is 19.8. The highest BCUT2D eigenvalue weighted by molar-refractivity contribution is 5.85. The number of benzene rings is 1. The fraction of sp³-hybridized carbons (Fsp3) is 0.562. The van der Waals surface area contributed by atoms with Crippen molar-refractivity contribution in [3.8, 4) is 0 Å². The van der Waals surface area contributed by atoms with Crippen LogP contribution < -0.4 is 5.73 Å². The van der Waals surface area contributed by atoms with E-state index in [9.17, 15) is 18.0 Å². The van der Waals surface area contributed by atoms with Gasteiger partial charge in [0.15, 0.2) is 0 Å². The molecule has 0 bridgehead atoms. The Morgan fingerprint density at radius 2 is 1.78 bits per heavy atom. The van der Waals surface area contributed by atoms with Gasteiger partial charge in [-0.15, -0.1) is 12.4 Å². The van der Waals surface area contributed by atoms with Gasteiger partial charge in [0.1, 0.15) is 0 Å². The lowest BCUT2D eigenvalue weighted by Crippen LogP contribution is -2.43. The minimum Gasteiger partial charge on any atom is -0.342 e. The summed E-state index contributed by atoms with van der Waals surface area (Å²) in [6, 6.07) is 4.91. The van der Waals surface area contributed by atoms with Gasteiger partial charge in [0.05, 0.1) is 12.0 Å². The van der Waals surface area contributed by atoms with Gasteiger partial charge < -0.3 is 10.6 Å². The predicted octanol–water partition coefficient (Wildman–Crippen LogP) is 3.26. The summed E-state index contributed by atoms with van der Waals surface area (Å²) in [6.07, 6.45) is -2.43. The van der Waals surface area contributed by atoms with Gasteiger partial charge in [-0.25, -0.2) is 0 Å². The van der Waals surface area contributed by atoms with Crippen LogP contribution in [0.1, 0.15) is 30.9 Å². The number of halogens is 4. The van der Waals surface area contributed by atoms with E-state index in [2.05, 4.69) is 0 Å². The van der Waals surface area contributed by atoms with Crippen molar-refractivity contribution < 1.29 is 18.0 Å². The van der Waals surface area contributed by atoms with Gasteiger partial charge in [-0.1, -0.05) is 12.1 Å². The lowest BCUT2D eigenvalue weighted by molar-refractivity contribution is -0.137. The molecule has 2 rings (SSSR count). The molecule has 130 valence electrons. The quantitative estimate of drug-likeness (QED) is 0.909. The summed E-state index contributed by atoms with van der Waals surface area (Å²) in [5.74, 6) is 0.401. The number of hydrogen-bond acceptors (Lipinski definition) is 2. The second-order valence-corrected chi connectivity index (χ2v) is 5.95. The molecule has 1 amide bonds. The van der Waals surface area contributed by atoms with Crippen LogP contribution in [0, 0.1) is 5.92 Å². The number of amides is 1. The zero-order valence-corrected chi connectivity index (χ0v) is 13.8. The molecule has 0 radical (unpaired) electrons. The molecule has 1 aliphatic rings. The maximum Gasteiger partial charge on any atom is 0.416 e. The normalized spacial score (nSPS) is 17.5. The van der Waals surface area contributed by atoms with E-state index in [4.69, 9.17) is 5.73 Å². The number of piperidine rings is 1. The van der Waals surface area contributed by atoms with E-state index in [1.807, 2.05) is 6.92 Å². The Labute approximate surface area is 140 Å². The van der Waals surface area contributed by atoms with Gasteiger partial charge in [0.2, 0.25) is 5.91 Å². The highest BCUT2D eigenvalue weighted by atomic mass is 35.5. The third-order valence-corrected chi connectivity index (χ3v) is 4.27. The second-order valence-electron chi connectivity index (χ2n) is 5.95. The third kappa shape index (κ3) is 5.39. The van der Waals surface area contributed by atoms with Crippen molar-refractivity contribution in [1.29, 1.82) is 0 Å². The van der Waals surface area contributed by atoms with Crippen molar-refractivity contribution in [3.05, 3.63) is 35.4 Å². The van der Waals surface area contributed by atoms with Crippen LogP contribution in [0.3, 0.4) is 0 Å². The third-order valence-electron chi connectivity index (χ3n) is 4.27. The van der Waals surface area contributed by atoms with E-state index >= 15 is 0 Å². The summed E-state index contributed by atoms with van der Waals surface area (Å²) in [5, 5.41) is 0. The Hall–Kier alpha value is -1.27. The first-order valence-corrected chi connectivity index (χ1v) is 7.47. The van der Waals surface area contributed by atoms with Crippen molar-refractivity contribution in [2.75, 3.05) is 13.1 Å². The van der Waals surface area contributed by atoms with E-state index in [0.29, 0.717) is 24.6 Å². The fourth-order valence-electron chi connectivity index (χ4n) is 2.77. The number of likely N-dealkylation sites (tertiary alicyclic amines) is 1. The highest BCUT2D eigenvalue weighted by Gasteiger charge is 2.30. The highest BCUT2D eigenvalue weighted by Crippen LogP contribution is 2.29. The number of alkyl halides is 3. The molecule has 23 heavy (non-hydrogen) atoms. The minimum atomic E-state index is -4.34. The molecule has 1 unspecified atom stereocenters. The topological polar surface area (TPSA) is 46.3 Å². The Morgan fingerprint density at radius 1 is 1.26 bits per heavy atom. The van der Waals surface area contributed by atoms with Gasteiger partial charge in [0, 0.05) is 19.1 Å². The summed E-state index contributed by atoms with van der Waals surface area (Å²) in [4.78, 5) is 14.0. The lowest BCUT2D eigenvalue weighted by atomic mass is 9.91. The van der Waals surface area contributed by atoms with Gasteiger partial charge >= 0.3 is 6.18 Å². The SMILES string of the molecule is CC(N)C1CCN(C(=O)Cc2ccc(C(F)(F)F)cc2)CC1.Cl. The van der Waals surface area contributed by atoms with Crippen LogP contribution in [0.2, 0.25) is 0 Å². The van der Waals surface area contributed by atoms with Crippen LogP contribution in [0.15, 0.2) is 24.3 Å². The number of rotatable bonds is 3. The molecule has 0 aliphatic carbocycles. The van der Waals surface area contributed by atoms with Crippen LogP contribution in [-0.2, 0) is 17.4 Å². The average Bonchev–Trinajstić information content (AvgIpc) is 2.47. The molecule has 1 aromatic carbocycles. The Kier molecular flexibility index (Phi) is 6.89. The molecule has 1 aliphatic heterocycles. The van der Waals surface area contributed by atoms with Gasteiger partial charge in [-0.2, -0.15) is 13.2 Å². The van der Waals surface area contributed by atoms with Crippen LogP contribution >= 0.6 is 12.4 Å². The molecule has 0 saturated carbocycles. The van der Waals surface area contributed by atoms with Crippen LogP contribution in [-0.4, -0.2) is 29.9 Å². The molecule has 1 fully saturated rings. The van der Waals surface area contributed by atoms with E-state index in [1.165, 1.54) is 12.1 Å². The number of nitrogens with zero attached hydrogens (tertiary/aromatic N) is 1. The smallest absolute Gasteiger partial charge is 0.342 e. The largest absolute Gasteiger partial charge is 0.416 e. The van der Waals surface area contributed by atoms with E-state index in [0.717, 1.165) is 25.0 Å². The summed E-state index contributed by atoms with van der Waals surface area (Å²) >= 11 is 0. The minimum absolute atomic E-state index is 0.